The topological polar surface area (TPSA) is 87.2 Å². The summed E-state index contributed by atoms with van der Waals surface area (Å²) >= 11 is 0. The number of esters is 1. The SMILES string of the molecule is CCOC(=O)CN1Cc2ccccc2N(C(=O)c2ccc(O)cc2)CC1=O. The van der Waals surface area contributed by atoms with Gasteiger partial charge in [0.05, 0.1) is 6.61 Å². The Morgan fingerprint density at radius 3 is 2.48 bits per heavy atom. The van der Waals surface area contributed by atoms with Crippen molar-refractivity contribution in [1.82, 2.24) is 4.90 Å². The summed E-state index contributed by atoms with van der Waals surface area (Å²) in [6.45, 7) is 1.81. The maximum atomic E-state index is 13.0. The lowest BCUT2D eigenvalue weighted by Gasteiger charge is -2.22. The second kappa shape index (κ2) is 7.90. The summed E-state index contributed by atoms with van der Waals surface area (Å²) in [4.78, 5) is 40.3. The highest BCUT2D eigenvalue weighted by atomic mass is 16.5. The van der Waals surface area contributed by atoms with Gasteiger partial charge in [0, 0.05) is 17.8 Å². The molecule has 7 heteroatoms. The lowest BCUT2D eigenvalue weighted by molar-refractivity contribution is -0.148. The van der Waals surface area contributed by atoms with Crippen molar-refractivity contribution in [3.05, 3.63) is 59.7 Å². The molecule has 0 spiro atoms. The molecule has 0 unspecified atom stereocenters. The Morgan fingerprint density at radius 1 is 1.07 bits per heavy atom. The van der Waals surface area contributed by atoms with Crippen LogP contribution >= 0.6 is 0 Å². The lowest BCUT2D eigenvalue weighted by atomic mass is 10.1. The summed E-state index contributed by atoms with van der Waals surface area (Å²) in [5, 5.41) is 9.43. The molecule has 1 heterocycles. The summed E-state index contributed by atoms with van der Waals surface area (Å²) in [6.07, 6.45) is 0. The van der Waals surface area contributed by atoms with Crippen molar-refractivity contribution >= 4 is 23.5 Å². The summed E-state index contributed by atoms with van der Waals surface area (Å²) in [5.41, 5.74) is 1.74. The molecule has 3 rings (SSSR count). The number of carbonyl (C=O) groups is 3. The van der Waals surface area contributed by atoms with Gasteiger partial charge in [-0.25, -0.2) is 0 Å². The number of anilines is 1. The standard InChI is InChI=1S/C20H20N2O5/c1-2-27-19(25)13-21-11-15-5-3-4-6-17(15)22(12-18(21)24)20(26)14-7-9-16(23)10-8-14/h3-10,23H,2,11-13H2,1H3. The molecule has 27 heavy (non-hydrogen) atoms. The highest BCUT2D eigenvalue weighted by molar-refractivity contribution is 6.09. The van der Waals surface area contributed by atoms with Gasteiger partial charge < -0.3 is 14.7 Å². The number of fused-ring (bicyclic) bond motifs is 1. The molecular weight excluding hydrogens is 348 g/mol. The Bertz CT molecular complexity index is 863. The van der Waals surface area contributed by atoms with E-state index in [9.17, 15) is 19.5 Å². The summed E-state index contributed by atoms with van der Waals surface area (Å²) in [5.74, 6) is -1.12. The van der Waals surface area contributed by atoms with E-state index in [0.717, 1.165) is 5.56 Å². The minimum atomic E-state index is -0.485. The van der Waals surface area contributed by atoms with Gasteiger partial charge >= 0.3 is 5.97 Å². The van der Waals surface area contributed by atoms with Crippen LogP contribution in [0.15, 0.2) is 48.5 Å². The van der Waals surface area contributed by atoms with Gasteiger partial charge in [-0.05, 0) is 42.8 Å². The Kier molecular flexibility index (Phi) is 5.40. The highest BCUT2D eigenvalue weighted by Gasteiger charge is 2.30. The Morgan fingerprint density at radius 2 is 1.78 bits per heavy atom. The Hall–Kier alpha value is -3.35. The quantitative estimate of drug-likeness (QED) is 0.834. The number of phenols is 1. The third-order valence-electron chi connectivity index (χ3n) is 4.27. The number of amides is 2. The van der Waals surface area contributed by atoms with E-state index in [1.165, 1.54) is 34.1 Å². The van der Waals surface area contributed by atoms with Gasteiger partial charge in [-0.2, -0.15) is 0 Å². The molecule has 1 N–H and O–H groups in total. The van der Waals surface area contributed by atoms with Gasteiger partial charge in [-0.1, -0.05) is 18.2 Å². The molecule has 1 aliphatic heterocycles. The first-order valence-corrected chi connectivity index (χ1v) is 8.61. The van der Waals surface area contributed by atoms with E-state index < -0.39 is 5.97 Å². The van der Waals surface area contributed by atoms with Crippen molar-refractivity contribution < 1.29 is 24.2 Å². The first-order chi connectivity index (χ1) is 13.0. The molecule has 140 valence electrons. The first-order valence-electron chi connectivity index (χ1n) is 8.61. The number of rotatable bonds is 4. The van der Waals surface area contributed by atoms with Crippen LogP contribution < -0.4 is 4.90 Å². The molecule has 0 radical (unpaired) electrons. The van der Waals surface area contributed by atoms with Crippen molar-refractivity contribution in [1.29, 1.82) is 0 Å². The molecular formula is C20H20N2O5. The van der Waals surface area contributed by atoms with Crippen LogP contribution in [0, 0.1) is 0 Å². The molecule has 2 amide bonds. The van der Waals surface area contributed by atoms with Crippen LogP contribution in [0.25, 0.3) is 0 Å². The molecule has 0 fully saturated rings. The van der Waals surface area contributed by atoms with Crippen molar-refractivity contribution in [2.24, 2.45) is 0 Å². The number of aromatic hydroxyl groups is 1. The van der Waals surface area contributed by atoms with Gasteiger partial charge in [0.25, 0.3) is 5.91 Å². The van der Waals surface area contributed by atoms with Crippen molar-refractivity contribution in [3.63, 3.8) is 0 Å². The molecule has 2 aromatic rings. The number of phenolic OH excluding ortho intramolecular Hbond substituents is 1. The van der Waals surface area contributed by atoms with Crippen molar-refractivity contribution in [2.45, 2.75) is 13.5 Å². The smallest absolute Gasteiger partial charge is 0.325 e. The van der Waals surface area contributed by atoms with Crippen LogP contribution in [-0.2, 0) is 20.9 Å². The van der Waals surface area contributed by atoms with Crippen molar-refractivity contribution in [3.8, 4) is 5.75 Å². The zero-order valence-electron chi connectivity index (χ0n) is 14.9. The van der Waals surface area contributed by atoms with Crippen LogP contribution in [0.4, 0.5) is 5.69 Å². The maximum absolute atomic E-state index is 13.0. The van der Waals surface area contributed by atoms with E-state index >= 15 is 0 Å². The Balaban J connectivity index is 1.92. The summed E-state index contributed by atoms with van der Waals surface area (Å²) in [7, 11) is 0. The summed E-state index contributed by atoms with van der Waals surface area (Å²) < 4.78 is 4.94. The molecule has 2 aromatic carbocycles. The van der Waals surface area contributed by atoms with Gasteiger partial charge in [0.15, 0.2) is 0 Å². The minimum Gasteiger partial charge on any atom is -0.508 e. The predicted molar refractivity (Wildman–Crippen MR) is 98.3 cm³/mol. The average molecular weight is 368 g/mol. The largest absolute Gasteiger partial charge is 0.508 e. The maximum Gasteiger partial charge on any atom is 0.325 e. The fourth-order valence-corrected chi connectivity index (χ4v) is 2.97. The molecule has 0 bridgehead atoms. The zero-order chi connectivity index (χ0) is 19.4. The van der Waals surface area contributed by atoms with E-state index in [0.29, 0.717) is 11.3 Å². The highest BCUT2D eigenvalue weighted by Crippen LogP contribution is 2.27. The normalized spacial score (nSPS) is 13.7. The number of hydrogen-bond donors (Lipinski definition) is 1. The molecule has 1 aliphatic rings. The van der Waals surface area contributed by atoms with Crippen LogP contribution in [0.2, 0.25) is 0 Å². The Labute approximate surface area is 156 Å². The number of hydrogen-bond acceptors (Lipinski definition) is 5. The molecule has 0 saturated heterocycles. The van der Waals surface area contributed by atoms with Gasteiger partial charge in [0.1, 0.15) is 18.8 Å². The fraction of sp³-hybridized carbons (Fsp3) is 0.250. The fourth-order valence-electron chi connectivity index (χ4n) is 2.97. The third kappa shape index (κ3) is 4.08. The molecule has 0 saturated carbocycles. The van der Waals surface area contributed by atoms with Gasteiger partial charge in [0.2, 0.25) is 5.91 Å². The number of benzene rings is 2. The number of carbonyl (C=O) groups excluding carboxylic acids is 3. The van der Waals surface area contributed by atoms with Crippen molar-refractivity contribution in [2.75, 3.05) is 24.6 Å². The molecule has 0 aromatic heterocycles. The monoisotopic (exact) mass is 368 g/mol. The number of ether oxygens (including phenoxy) is 1. The first kappa shape index (κ1) is 18.4. The molecule has 0 aliphatic carbocycles. The number of para-hydroxylation sites is 1. The van der Waals surface area contributed by atoms with E-state index in [2.05, 4.69) is 0 Å². The second-order valence-corrected chi connectivity index (χ2v) is 6.12. The average Bonchev–Trinajstić information content (AvgIpc) is 2.79. The third-order valence-corrected chi connectivity index (χ3v) is 4.27. The lowest BCUT2D eigenvalue weighted by Crippen LogP contribution is -2.42. The number of nitrogens with zero attached hydrogens (tertiary/aromatic N) is 2. The summed E-state index contributed by atoms with van der Waals surface area (Å²) in [6, 6.07) is 13.1. The van der Waals surface area contributed by atoms with Crippen LogP contribution in [0.1, 0.15) is 22.8 Å². The van der Waals surface area contributed by atoms with Crippen LogP contribution in [0.5, 0.6) is 5.75 Å². The van der Waals surface area contributed by atoms with Gasteiger partial charge in [-0.15, -0.1) is 0 Å². The van der Waals surface area contributed by atoms with E-state index in [-0.39, 0.29) is 43.8 Å². The minimum absolute atomic E-state index is 0.0551. The molecule has 7 nitrogen and oxygen atoms in total. The van der Waals surface area contributed by atoms with Crippen LogP contribution in [0.3, 0.4) is 0 Å². The van der Waals surface area contributed by atoms with E-state index in [1.54, 1.807) is 19.1 Å². The zero-order valence-corrected chi connectivity index (χ0v) is 14.9. The van der Waals surface area contributed by atoms with E-state index in [4.69, 9.17) is 4.74 Å². The molecule has 0 atom stereocenters. The van der Waals surface area contributed by atoms with Gasteiger partial charge in [-0.3, -0.25) is 19.3 Å². The second-order valence-electron chi connectivity index (χ2n) is 6.12. The predicted octanol–water partition coefficient (Wildman–Crippen LogP) is 1.94. The van der Waals surface area contributed by atoms with Crippen LogP contribution in [-0.4, -0.2) is 47.5 Å². The van der Waals surface area contributed by atoms with E-state index in [1.807, 2.05) is 12.1 Å².